The fourth-order valence-electron chi connectivity index (χ4n) is 1.19. The van der Waals surface area contributed by atoms with Crippen LogP contribution in [0.4, 0.5) is 0 Å². The van der Waals surface area contributed by atoms with Crippen LogP contribution in [0.1, 0.15) is 19.8 Å². The molecule has 1 atom stereocenters. The van der Waals surface area contributed by atoms with Gasteiger partial charge < -0.3 is 9.84 Å². The summed E-state index contributed by atoms with van der Waals surface area (Å²) in [7, 11) is 1.62. The Morgan fingerprint density at radius 1 is 1.60 bits per heavy atom. The van der Waals surface area contributed by atoms with Crippen LogP contribution in [-0.2, 0) is 9.53 Å². The Kier molecular flexibility index (Phi) is 7.60. The highest BCUT2D eigenvalue weighted by atomic mass is 16.5. The summed E-state index contributed by atoms with van der Waals surface area (Å²) < 4.78 is 5.10. The van der Waals surface area contributed by atoms with Gasteiger partial charge in [-0.05, 0) is 6.92 Å². The van der Waals surface area contributed by atoms with Crippen LogP contribution in [0.25, 0.3) is 0 Å². The zero-order chi connectivity index (χ0) is 11.7. The molecule has 0 saturated heterocycles. The lowest BCUT2D eigenvalue weighted by molar-refractivity contribution is -0.137. The molecule has 86 valence electrons. The Morgan fingerprint density at radius 2 is 2.27 bits per heavy atom. The smallest absolute Gasteiger partial charge is 0.304 e. The second-order valence-electron chi connectivity index (χ2n) is 3.40. The molecule has 0 amide bonds. The van der Waals surface area contributed by atoms with E-state index in [0.29, 0.717) is 26.1 Å². The zero-order valence-corrected chi connectivity index (χ0v) is 9.27. The van der Waals surface area contributed by atoms with Gasteiger partial charge in [0.1, 0.15) is 0 Å². The highest BCUT2D eigenvalue weighted by Gasteiger charge is 2.10. The standard InChI is InChI=1S/C10H18N2O3/c1-9(15-2)8-12(6-3-5-11)7-4-10(13)14/h9H,3-4,6-8H2,1-2H3,(H,13,14). The van der Waals surface area contributed by atoms with E-state index in [1.54, 1.807) is 7.11 Å². The van der Waals surface area contributed by atoms with Gasteiger partial charge in [-0.3, -0.25) is 9.69 Å². The van der Waals surface area contributed by atoms with E-state index in [2.05, 4.69) is 0 Å². The number of carboxylic acids is 1. The molecule has 0 spiro atoms. The van der Waals surface area contributed by atoms with E-state index in [4.69, 9.17) is 15.1 Å². The number of hydrogen-bond donors (Lipinski definition) is 1. The molecular formula is C10H18N2O3. The maximum atomic E-state index is 10.4. The molecule has 0 aromatic heterocycles. The summed E-state index contributed by atoms with van der Waals surface area (Å²) in [4.78, 5) is 12.3. The molecule has 0 radical (unpaired) electrons. The lowest BCUT2D eigenvalue weighted by Crippen LogP contribution is -2.34. The Morgan fingerprint density at radius 3 is 2.73 bits per heavy atom. The fourth-order valence-corrected chi connectivity index (χ4v) is 1.19. The Balaban J connectivity index is 3.94. The van der Waals surface area contributed by atoms with Crippen molar-refractivity contribution in [3.05, 3.63) is 0 Å². The van der Waals surface area contributed by atoms with Crippen LogP contribution in [-0.4, -0.2) is 48.8 Å². The van der Waals surface area contributed by atoms with Gasteiger partial charge in [-0.2, -0.15) is 5.26 Å². The van der Waals surface area contributed by atoms with E-state index >= 15 is 0 Å². The van der Waals surface area contributed by atoms with Gasteiger partial charge in [0.2, 0.25) is 0 Å². The number of carboxylic acid groups (broad SMARTS) is 1. The molecule has 0 saturated carbocycles. The first kappa shape index (κ1) is 13.9. The Bertz CT molecular complexity index is 225. The molecule has 1 unspecified atom stereocenters. The summed E-state index contributed by atoms with van der Waals surface area (Å²) in [5.41, 5.74) is 0. The lowest BCUT2D eigenvalue weighted by Gasteiger charge is -2.23. The monoisotopic (exact) mass is 214 g/mol. The lowest BCUT2D eigenvalue weighted by atomic mass is 10.3. The van der Waals surface area contributed by atoms with E-state index in [1.165, 1.54) is 0 Å². The highest BCUT2D eigenvalue weighted by molar-refractivity contribution is 5.66. The average molecular weight is 214 g/mol. The molecule has 0 rings (SSSR count). The normalized spacial score (nSPS) is 12.4. The average Bonchev–Trinajstić information content (AvgIpc) is 2.21. The number of methoxy groups -OCH3 is 1. The number of carbonyl (C=O) groups is 1. The minimum atomic E-state index is -0.818. The van der Waals surface area contributed by atoms with E-state index in [0.717, 1.165) is 0 Å². The first-order chi connectivity index (χ1) is 7.10. The van der Waals surface area contributed by atoms with Gasteiger partial charge in [-0.1, -0.05) is 0 Å². The van der Waals surface area contributed by atoms with Gasteiger partial charge in [0.15, 0.2) is 0 Å². The van der Waals surface area contributed by atoms with Crippen LogP contribution in [0.15, 0.2) is 0 Å². The Hall–Kier alpha value is -1.12. The summed E-state index contributed by atoms with van der Waals surface area (Å²) in [5, 5.41) is 17.0. The fraction of sp³-hybridized carbons (Fsp3) is 0.800. The molecule has 15 heavy (non-hydrogen) atoms. The summed E-state index contributed by atoms with van der Waals surface area (Å²) >= 11 is 0. The van der Waals surface area contributed by atoms with Crippen LogP contribution < -0.4 is 0 Å². The molecule has 0 heterocycles. The third-order valence-electron chi connectivity index (χ3n) is 2.10. The molecule has 0 aliphatic rings. The van der Waals surface area contributed by atoms with Crippen molar-refractivity contribution in [1.29, 1.82) is 5.26 Å². The molecule has 5 heteroatoms. The molecule has 0 aromatic carbocycles. The Labute approximate surface area is 90.2 Å². The molecule has 0 aliphatic carbocycles. The van der Waals surface area contributed by atoms with Crippen LogP contribution in [0.2, 0.25) is 0 Å². The molecule has 0 fully saturated rings. The molecule has 5 nitrogen and oxygen atoms in total. The third kappa shape index (κ3) is 7.91. The number of nitrogens with zero attached hydrogens (tertiary/aromatic N) is 2. The molecular weight excluding hydrogens is 196 g/mol. The number of ether oxygens (including phenoxy) is 1. The number of hydrogen-bond acceptors (Lipinski definition) is 4. The number of aliphatic carboxylic acids is 1. The second-order valence-corrected chi connectivity index (χ2v) is 3.40. The van der Waals surface area contributed by atoms with Crippen molar-refractivity contribution in [3.8, 4) is 6.07 Å². The van der Waals surface area contributed by atoms with Crippen LogP contribution in [0, 0.1) is 11.3 Å². The first-order valence-corrected chi connectivity index (χ1v) is 4.94. The van der Waals surface area contributed by atoms with Crippen molar-refractivity contribution >= 4 is 5.97 Å². The summed E-state index contributed by atoms with van der Waals surface area (Å²) in [5.74, 6) is -0.818. The third-order valence-corrected chi connectivity index (χ3v) is 2.10. The SMILES string of the molecule is COC(C)CN(CCC#N)CCC(=O)O. The maximum Gasteiger partial charge on any atom is 0.304 e. The van der Waals surface area contributed by atoms with Crippen molar-refractivity contribution in [3.63, 3.8) is 0 Å². The van der Waals surface area contributed by atoms with Crippen molar-refractivity contribution in [2.75, 3.05) is 26.7 Å². The molecule has 1 N–H and O–H groups in total. The largest absolute Gasteiger partial charge is 0.481 e. The first-order valence-electron chi connectivity index (χ1n) is 4.94. The van der Waals surface area contributed by atoms with Gasteiger partial charge >= 0.3 is 5.97 Å². The van der Waals surface area contributed by atoms with Gasteiger partial charge in [0, 0.05) is 33.2 Å². The topological polar surface area (TPSA) is 73.6 Å². The molecule has 0 bridgehead atoms. The highest BCUT2D eigenvalue weighted by Crippen LogP contribution is 1.99. The molecule has 0 aliphatic heterocycles. The van der Waals surface area contributed by atoms with E-state index in [9.17, 15) is 4.79 Å². The van der Waals surface area contributed by atoms with Crippen molar-refractivity contribution in [2.45, 2.75) is 25.9 Å². The van der Waals surface area contributed by atoms with Crippen molar-refractivity contribution in [1.82, 2.24) is 4.90 Å². The maximum absolute atomic E-state index is 10.4. The van der Waals surface area contributed by atoms with E-state index in [1.807, 2.05) is 17.9 Å². The minimum absolute atomic E-state index is 0.0532. The van der Waals surface area contributed by atoms with Gasteiger partial charge in [-0.25, -0.2) is 0 Å². The van der Waals surface area contributed by atoms with Crippen LogP contribution in [0.3, 0.4) is 0 Å². The summed E-state index contributed by atoms with van der Waals surface area (Å²) in [6.45, 7) is 3.63. The molecule has 0 aromatic rings. The van der Waals surface area contributed by atoms with Crippen LogP contribution in [0.5, 0.6) is 0 Å². The van der Waals surface area contributed by atoms with Gasteiger partial charge in [0.25, 0.3) is 0 Å². The summed E-state index contributed by atoms with van der Waals surface area (Å²) in [6.07, 6.45) is 0.565. The summed E-state index contributed by atoms with van der Waals surface area (Å²) in [6, 6.07) is 2.05. The predicted octanol–water partition coefficient (Wildman–Crippen LogP) is 0.712. The minimum Gasteiger partial charge on any atom is -0.481 e. The van der Waals surface area contributed by atoms with Gasteiger partial charge in [-0.15, -0.1) is 0 Å². The van der Waals surface area contributed by atoms with Crippen molar-refractivity contribution < 1.29 is 14.6 Å². The quantitative estimate of drug-likeness (QED) is 0.644. The van der Waals surface area contributed by atoms with Gasteiger partial charge in [0.05, 0.1) is 18.6 Å². The van der Waals surface area contributed by atoms with E-state index < -0.39 is 5.97 Å². The number of rotatable bonds is 8. The van der Waals surface area contributed by atoms with Crippen LogP contribution >= 0.6 is 0 Å². The predicted molar refractivity (Wildman–Crippen MR) is 55.4 cm³/mol. The second kappa shape index (κ2) is 8.21. The number of nitriles is 1. The zero-order valence-electron chi connectivity index (χ0n) is 9.27. The van der Waals surface area contributed by atoms with E-state index in [-0.39, 0.29) is 12.5 Å². The van der Waals surface area contributed by atoms with Crippen molar-refractivity contribution in [2.24, 2.45) is 0 Å².